The van der Waals surface area contributed by atoms with E-state index in [1.54, 1.807) is 0 Å². The molecule has 0 aromatic rings. The molecule has 0 saturated heterocycles. The van der Waals surface area contributed by atoms with Gasteiger partial charge in [-0.15, -0.1) is 0 Å². The Balaban J connectivity index is 2.02. The van der Waals surface area contributed by atoms with Crippen LogP contribution in [0.4, 0.5) is 0 Å². The average molecular weight is 285 g/mol. The number of hydrogen-bond acceptors (Lipinski definition) is 4. The maximum Gasteiger partial charge on any atom is 0.220 e. The molecule has 1 amide bonds. The van der Waals surface area contributed by atoms with E-state index in [9.17, 15) is 4.79 Å². The van der Waals surface area contributed by atoms with Crippen LogP contribution in [0.3, 0.4) is 0 Å². The highest BCUT2D eigenvalue weighted by Gasteiger charge is 2.22. The lowest BCUT2D eigenvalue weighted by Gasteiger charge is -2.09. The predicted molar refractivity (Wildman–Crippen MR) is 79.1 cm³/mol. The Labute approximate surface area is 120 Å². The minimum Gasteiger partial charge on any atom is -0.382 e. The van der Waals surface area contributed by atoms with Crippen LogP contribution in [-0.2, 0) is 9.53 Å². The van der Waals surface area contributed by atoms with Crippen LogP contribution in [0.15, 0.2) is 4.99 Å². The SMILES string of the molecule is CCOCCCNC(=NCCCC(=O)NC1CC1)NN. The summed E-state index contributed by atoms with van der Waals surface area (Å²) in [5.74, 6) is 6.06. The Morgan fingerprint density at radius 1 is 1.40 bits per heavy atom. The number of nitrogens with one attached hydrogen (secondary N) is 3. The van der Waals surface area contributed by atoms with Gasteiger partial charge in [-0.05, 0) is 32.6 Å². The molecular weight excluding hydrogens is 258 g/mol. The van der Waals surface area contributed by atoms with Crippen LogP contribution in [0, 0.1) is 0 Å². The van der Waals surface area contributed by atoms with Crippen molar-refractivity contribution >= 4 is 11.9 Å². The third-order valence-electron chi connectivity index (χ3n) is 2.87. The van der Waals surface area contributed by atoms with Gasteiger partial charge in [0.15, 0.2) is 0 Å². The number of guanidine groups is 1. The number of nitrogens with zero attached hydrogens (tertiary/aromatic N) is 1. The molecule has 0 aliphatic heterocycles. The first-order valence-corrected chi connectivity index (χ1v) is 7.38. The monoisotopic (exact) mass is 285 g/mol. The highest BCUT2D eigenvalue weighted by molar-refractivity contribution is 5.79. The van der Waals surface area contributed by atoms with Crippen LogP contribution in [0.2, 0.25) is 0 Å². The van der Waals surface area contributed by atoms with Crippen molar-refractivity contribution in [3.8, 4) is 0 Å². The molecular formula is C13H27N5O2. The molecule has 0 unspecified atom stereocenters. The normalized spacial score (nSPS) is 15.0. The van der Waals surface area contributed by atoms with Gasteiger partial charge in [0.05, 0.1) is 0 Å². The molecule has 0 spiro atoms. The molecule has 1 saturated carbocycles. The standard InChI is InChI=1S/C13H27N5O2/c1-2-20-10-4-9-16-13(18-14)15-8-3-5-12(19)17-11-6-7-11/h11H,2-10,14H2,1H3,(H,17,19)(H2,15,16,18). The molecule has 1 fully saturated rings. The summed E-state index contributed by atoms with van der Waals surface area (Å²) < 4.78 is 5.23. The molecule has 7 heteroatoms. The molecule has 0 aromatic heterocycles. The molecule has 0 radical (unpaired) electrons. The predicted octanol–water partition coefficient (Wildman–Crippen LogP) is -0.119. The summed E-state index contributed by atoms with van der Waals surface area (Å²) in [6.45, 7) is 4.77. The molecule has 5 N–H and O–H groups in total. The first kappa shape index (κ1) is 16.7. The van der Waals surface area contributed by atoms with Gasteiger partial charge in [-0.3, -0.25) is 15.2 Å². The van der Waals surface area contributed by atoms with Crippen molar-refractivity contribution in [3.63, 3.8) is 0 Å². The number of hydrazine groups is 1. The van der Waals surface area contributed by atoms with Crippen LogP contribution < -0.4 is 21.9 Å². The lowest BCUT2D eigenvalue weighted by Crippen LogP contribution is -2.42. The van der Waals surface area contributed by atoms with Crippen LogP contribution in [-0.4, -0.2) is 44.2 Å². The Morgan fingerprint density at radius 3 is 2.85 bits per heavy atom. The highest BCUT2D eigenvalue weighted by Crippen LogP contribution is 2.18. The van der Waals surface area contributed by atoms with Crippen LogP contribution in [0.1, 0.15) is 39.0 Å². The van der Waals surface area contributed by atoms with Crippen LogP contribution in [0.25, 0.3) is 0 Å². The molecule has 1 aliphatic rings. The number of nitrogens with two attached hydrogens (primary N) is 1. The minimum atomic E-state index is 0.120. The first-order valence-electron chi connectivity index (χ1n) is 7.38. The van der Waals surface area contributed by atoms with E-state index in [2.05, 4.69) is 21.1 Å². The van der Waals surface area contributed by atoms with Crippen LogP contribution in [0.5, 0.6) is 0 Å². The van der Waals surface area contributed by atoms with Crippen molar-refractivity contribution in [2.24, 2.45) is 10.8 Å². The number of carbonyl (C=O) groups excluding carboxylic acids is 1. The fraction of sp³-hybridized carbons (Fsp3) is 0.846. The van der Waals surface area contributed by atoms with E-state index >= 15 is 0 Å². The number of carbonyl (C=O) groups is 1. The van der Waals surface area contributed by atoms with Crippen molar-refractivity contribution < 1.29 is 9.53 Å². The van der Waals surface area contributed by atoms with E-state index in [1.165, 1.54) is 0 Å². The average Bonchev–Trinajstić information content (AvgIpc) is 3.24. The summed E-state index contributed by atoms with van der Waals surface area (Å²) >= 11 is 0. The fourth-order valence-corrected chi connectivity index (χ4v) is 1.64. The summed E-state index contributed by atoms with van der Waals surface area (Å²) in [6, 6.07) is 0.430. The molecule has 7 nitrogen and oxygen atoms in total. The van der Waals surface area contributed by atoms with Gasteiger partial charge < -0.3 is 15.4 Å². The molecule has 116 valence electrons. The zero-order valence-electron chi connectivity index (χ0n) is 12.3. The Morgan fingerprint density at radius 2 is 2.20 bits per heavy atom. The Bertz CT molecular complexity index is 305. The van der Waals surface area contributed by atoms with E-state index in [4.69, 9.17) is 10.6 Å². The van der Waals surface area contributed by atoms with Crippen molar-refractivity contribution in [1.82, 2.24) is 16.1 Å². The summed E-state index contributed by atoms with van der Waals surface area (Å²) in [5, 5.41) is 6.04. The zero-order chi connectivity index (χ0) is 14.6. The molecule has 0 bridgehead atoms. The lowest BCUT2D eigenvalue weighted by molar-refractivity contribution is -0.121. The Kier molecular flexibility index (Phi) is 8.73. The molecule has 0 aromatic carbocycles. The number of amides is 1. The summed E-state index contributed by atoms with van der Waals surface area (Å²) in [5.41, 5.74) is 2.52. The quantitative estimate of drug-likeness (QED) is 0.147. The number of rotatable bonds is 10. The second-order valence-electron chi connectivity index (χ2n) is 4.80. The second-order valence-corrected chi connectivity index (χ2v) is 4.80. The van der Waals surface area contributed by atoms with Gasteiger partial charge in [0.1, 0.15) is 0 Å². The number of aliphatic imine (C=N–C) groups is 1. The van der Waals surface area contributed by atoms with E-state index < -0.39 is 0 Å². The smallest absolute Gasteiger partial charge is 0.220 e. The van der Waals surface area contributed by atoms with Crippen LogP contribution >= 0.6 is 0 Å². The van der Waals surface area contributed by atoms with Gasteiger partial charge in [-0.25, -0.2) is 5.84 Å². The molecule has 1 rings (SSSR count). The minimum absolute atomic E-state index is 0.120. The van der Waals surface area contributed by atoms with Gasteiger partial charge in [0.2, 0.25) is 11.9 Å². The van der Waals surface area contributed by atoms with E-state index in [-0.39, 0.29) is 5.91 Å². The fourth-order valence-electron chi connectivity index (χ4n) is 1.64. The van der Waals surface area contributed by atoms with Gasteiger partial charge in [-0.2, -0.15) is 0 Å². The van der Waals surface area contributed by atoms with E-state index in [0.29, 0.717) is 25.0 Å². The van der Waals surface area contributed by atoms with Gasteiger partial charge in [-0.1, -0.05) is 0 Å². The molecule has 0 heterocycles. The molecule has 20 heavy (non-hydrogen) atoms. The Hall–Kier alpha value is -1.34. The third kappa shape index (κ3) is 8.71. The van der Waals surface area contributed by atoms with E-state index in [0.717, 1.165) is 45.4 Å². The van der Waals surface area contributed by atoms with Crippen molar-refractivity contribution in [2.45, 2.75) is 45.1 Å². The third-order valence-corrected chi connectivity index (χ3v) is 2.87. The van der Waals surface area contributed by atoms with Gasteiger partial charge in [0.25, 0.3) is 0 Å². The summed E-state index contributed by atoms with van der Waals surface area (Å²) in [6.07, 6.45) is 4.39. The lowest BCUT2D eigenvalue weighted by atomic mass is 10.3. The molecule has 0 atom stereocenters. The summed E-state index contributed by atoms with van der Waals surface area (Å²) in [4.78, 5) is 15.7. The van der Waals surface area contributed by atoms with Gasteiger partial charge in [0, 0.05) is 38.8 Å². The maximum atomic E-state index is 11.5. The highest BCUT2D eigenvalue weighted by atomic mass is 16.5. The first-order chi connectivity index (χ1) is 9.76. The maximum absolute atomic E-state index is 11.5. The van der Waals surface area contributed by atoms with Gasteiger partial charge >= 0.3 is 0 Å². The second kappa shape index (κ2) is 10.4. The summed E-state index contributed by atoms with van der Waals surface area (Å²) in [7, 11) is 0. The zero-order valence-corrected chi connectivity index (χ0v) is 12.3. The van der Waals surface area contributed by atoms with E-state index in [1.807, 2.05) is 6.92 Å². The number of hydrogen-bond donors (Lipinski definition) is 4. The molecule has 1 aliphatic carbocycles. The van der Waals surface area contributed by atoms with Crippen molar-refractivity contribution in [3.05, 3.63) is 0 Å². The largest absolute Gasteiger partial charge is 0.382 e. The topological polar surface area (TPSA) is 101 Å². The van der Waals surface area contributed by atoms with Crippen molar-refractivity contribution in [2.75, 3.05) is 26.3 Å². The number of ether oxygens (including phenoxy) is 1. The van der Waals surface area contributed by atoms with Crippen molar-refractivity contribution in [1.29, 1.82) is 0 Å².